The molecular weight excluding hydrogens is 426 g/mol. The van der Waals surface area contributed by atoms with Crippen molar-refractivity contribution in [3.63, 3.8) is 0 Å². The molecule has 32 heavy (non-hydrogen) atoms. The maximum absolute atomic E-state index is 12.7. The van der Waals surface area contributed by atoms with E-state index < -0.39 is 12.0 Å². The Morgan fingerprint density at radius 2 is 1.78 bits per heavy atom. The van der Waals surface area contributed by atoms with Crippen molar-refractivity contribution in [2.24, 2.45) is 11.1 Å². The number of ether oxygens (including phenoxy) is 1. The first-order valence-electron chi connectivity index (χ1n) is 12.1. The summed E-state index contributed by atoms with van der Waals surface area (Å²) in [5.74, 6) is -1.42. The lowest BCUT2D eigenvalue weighted by atomic mass is 9.71. The zero-order valence-corrected chi connectivity index (χ0v) is 20.3. The van der Waals surface area contributed by atoms with Crippen LogP contribution in [-0.4, -0.2) is 42.2 Å². The average molecular weight is 466 g/mol. The van der Waals surface area contributed by atoms with Crippen molar-refractivity contribution in [2.75, 3.05) is 18.4 Å². The first-order valence-corrected chi connectivity index (χ1v) is 12.9. The highest BCUT2D eigenvalue weighted by molar-refractivity contribution is 7.14. The van der Waals surface area contributed by atoms with Gasteiger partial charge in [-0.15, -0.1) is 11.3 Å². The molecule has 1 aromatic heterocycles. The van der Waals surface area contributed by atoms with Crippen LogP contribution in [0.25, 0.3) is 0 Å². The molecule has 2 aliphatic rings. The van der Waals surface area contributed by atoms with E-state index >= 15 is 0 Å². The second-order valence-corrected chi connectivity index (χ2v) is 10.7. The van der Waals surface area contributed by atoms with Crippen LogP contribution in [-0.2, 0) is 9.53 Å². The molecule has 0 radical (unpaired) electrons. The molecule has 1 amide bonds. The Hall–Kier alpha value is -1.64. The van der Waals surface area contributed by atoms with Crippen molar-refractivity contribution < 1.29 is 19.4 Å². The van der Waals surface area contributed by atoms with Gasteiger partial charge >= 0.3 is 5.97 Å². The van der Waals surface area contributed by atoms with Crippen LogP contribution >= 0.6 is 11.3 Å². The van der Waals surface area contributed by atoms with Gasteiger partial charge in [0, 0.05) is 18.5 Å². The van der Waals surface area contributed by atoms with E-state index in [0.29, 0.717) is 4.88 Å². The predicted molar refractivity (Wildman–Crippen MR) is 128 cm³/mol. The fourth-order valence-corrected chi connectivity index (χ4v) is 6.16. The lowest BCUT2D eigenvalue weighted by Gasteiger charge is -2.45. The number of anilines is 1. The summed E-state index contributed by atoms with van der Waals surface area (Å²) >= 11 is 1.46. The highest BCUT2D eigenvalue weighted by Crippen LogP contribution is 2.53. The van der Waals surface area contributed by atoms with E-state index in [1.807, 2.05) is 6.07 Å². The van der Waals surface area contributed by atoms with Gasteiger partial charge in [0.1, 0.15) is 12.1 Å². The topological polar surface area (TPSA) is 114 Å². The second kappa shape index (κ2) is 11.5. The third-order valence-corrected chi connectivity index (χ3v) is 7.89. The third kappa shape index (κ3) is 6.23. The molecule has 2 atom stereocenters. The predicted octanol–water partition coefficient (Wildman–Crippen LogP) is 4.68. The maximum atomic E-state index is 12.7. The lowest BCUT2D eigenvalue weighted by Crippen LogP contribution is -2.42. The minimum Gasteiger partial charge on any atom is -0.480 e. The van der Waals surface area contributed by atoms with Crippen molar-refractivity contribution in [3.05, 3.63) is 15.8 Å². The summed E-state index contributed by atoms with van der Waals surface area (Å²) in [4.78, 5) is 25.3. The largest absolute Gasteiger partial charge is 0.480 e. The van der Waals surface area contributed by atoms with E-state index in [4.69, 9.17) is 15.6 Å². The first kappa shape index (κ1) is 25.0. The number of carbonyl (C=O) groups excluding carboxylic acids is 1. The second-order valence-electron chi connectivity index (χ2n) is 9.65. The van der Waals surface area contributed by atoms with Crippen molar-refractivity contribution in [1.29, 1.82) is 0 Å². The molecule has 1 spiro atoms. The molecule has 8 heteroatoms. The molecule has 1 fully saturated rings. The van der Waals surface area contributed by atoms with Gasteiger partial charge in [-0.25, -0.2) is 0 Å². The molecule has 7 nitrogen and oxygen atoms in total. The number of carboxylic acids is 1. The lowest BCUT2D eigenvalue weighted by molar-refractivity contribution is -0.138. The Labute approximate surface area is 195 Å². The number of thiophene rings is 1. The molecule has 0 aromatic carbocycles. The number of nitrogens with one attached hydrogen (secondary N) is 2. The van der Waals surface area contributed by atoms with Crippen LogP contribution in [0.4, 0.5) is 5.69 Å². The van der Waals surface area contributed by atoms with Gasteiger partial charge in [0.2, 0.25) is 0 Å². The van der Waals surface area contributed by atoms with Crippen LogP contribution in [0.1, 0.15) is 98.7 Å². The fraction of sp³-hybridized carbons (Fsp3) is 0.750. The Bertz CT molecular complexity index is 767. The molecule has 3 rings (SSSR count). The number of rotatable bonds is 6. The Kier molecular flexibility index (Phi) is 8.96. The quantitative estimate of drug-likeness (QED) is 0.485. The van der Waals surface area contributed by atoms with E-state index in [0.717, 1.165) is 30.0 Å². The number of hydrogen-bond acceptors (Lipinski definition) is 6. The monoisotopic (exact) mass is 465 g/mol. The molecule has 1 aromatic rings. The fourth-order valence-electron chi connectivity index (χ4n) is 4.93. The number of fused-ring (bicyclic) bond motifs is 1. The normalized spacial score (nSPS) is 22.4. The van der Waals surface area contributed by atoms with E-state index in [2.05, 4.69) is 24.5 Å². The van der Waals surface area contributed by atoms with Gasteiger partial charge in [0.05, 0.1) is 21.5 Å². The first-order chi connectivity index (χ1) is 15.3. The summed E-state index contributed by atoms with van der Waals surface area (Å²) in [6.45, 7) is 4.92. The van der Waals surface area contributed by atoms with Crippen molar-refractivity contribution in [1.82, 2.24) is 5.32 Å². The van der Waals surface area contributed by atoms with Gasteiger partial charge in [-0.3, -0.25) is 9.59 Å². The van der Waals surface area contributed by atoms with Crippen molar-refractivity contribution in [3.8, 4) is 0 Å². The molecule has 1 aliphatic heterocycles. The molecular formula is C24H39N3O4S. The molecule has 2 heterocycles. The zero-order chi connectivity index (χ0) is 23.1. The van der Waals surface area contributed by atoms with Gasteiger partial charge < -0.3 is 26.2 Å². The van der Waals surface area contributed by atoms with E-state index in [-0.39, 0.29) is 30.1 Å². The summed E-state index contributed by atoms with van der Waals surface area (Å²) < 4.78 is 6.57. The highest BCUT2D eigenvalue weighted by atomic mass is 32.1. The number of aliphatic carboxylic acids is 1. The average Bonchev–Trinajstić information content (AvgIpc) is 3.17. The van der Waals surface area contributed by atoms with Crippen LogP contribution < -0.4 is 16.4 Å². The molecule has 0 saturated heterocycles. The number of amides is 1. The van der Waals surface area contributed by atoms with Crippen LogP contribution in [0.2, 0.25) is 0 Å². The smallest absolute Gasteiger partial charge is 0.322 e. The summed E-state index contributed by atoms with van der Waals surface area (Å²) in [5, 5.41) is 15.2. The number of carbonyl (C=O) groups is 2. The van der Waals surface area contributed by atoms with Gasteiger partial charge in [-0.2, -0.15) is 0 Å². The van der Waals surface area contributed by atoms with E-state index in [1.165, 1.54) is 62.7 Å². The van der Waals surface area contributed by atoms with Crippen molar-refractivity contribution >= 4 is 28.9 Å². The zero-order valence-electron chi connectivity index (χ0n) is 19.5. The highest BCUT2D eigenvalue weighted by Gasteiger charge is 2.45. The molecule has 1 aliphatic carbocycles. The van der Waals surface area contributed by atoms with Gasteiger partial charge in [-0.1, -0.05) is 51.4 Å². The van der Waals surface area contributed by atoms with Crippen LogP contribution in [0.15, 0.2) is 6.07 Å². The van der Waals surface area contributed by atoms with Crippen molar-refractivity contribution in [2.45, 2.75) is 96.3 Å². The standard InChI is InChI=1S/C24H39N3O4S/c1-16(2)31-21-20-18(13-19(32-20)22(28)26-14-17(25)23(29)30)27-15-24(21)11-9-7-5-3-4-6-8-10-12-24/h13,16-17,21,27H,3-12,14-15,25H2,1-2H3,(H,26,28)(H,29,30)/t17-,21?/m1/s1. The summed E-state index contributed by atoms with van der Waals surface area (Å²) in [5.41, 5.74) is 6.53. The summed E-state index contributed by atoms with van der Waals surface area (Å²) in [6, 6.07) is 0.759. The summed E-state index contributed by atoms with van der Waals surface area (Å²) in [6.07, 6.45) is 12.6. The molecule has 5 N–H and O–H groups in total. The van der Waals surface area contributed by atoms with E-state index in [9.17, 15) is 9.59 Å². The number of hydrogen-bond donors (Lipinski definition) is 4. The SMILES string of the molecule is CC(C)OC1c2sc(C(=O)NC[C@@H](N)C(=O)O)cc2NCC12CCCCCCCCCC2. The van der Waals surface area contributed by atoms with Crippen LogP contribution in [0.5, 0.6) is 0 Å². The summed E-state index contributed by atoms with van der Waals surface area (Å²) in [7, 11) is 0. The molecule has 0 bridgehead atoms. The Balaban J connectivity index is 1.83. The van der Waals surface area contributed by atoms with Crippen LogP contribution in [0, 0.1) is 5.41 Å². The van der Waals surface area contributed by atoms with Gasteiger partial charge in [0.15, 0.2) is 0 Å². The number of carboxylic acid groups (broad SMARTS) is 1. The third-order valence-electron chi connectivity index (χ3n) is 6.72. The number of nitrogens with two attached hydrogens (primary N) is 1. The van der Waals surface area contributed by atoms with E-state index in [1.54, 1.807) is 0 Å². The van der Waals surface area contributed by atoms with Gasteiger partial charge in [-0.05, 0) is 32.8 Å². The minimum absolute atomic E-state index is 0.0336. The molecule has 1 unspecified atom stereocenters. The Morgan fingerprint density at radius 3 is 2.34 bits per heavy atom. The molecule has 180 valence electrons. The van der Waals surface area contributed by atoms with Crippen LogP contribution in [0.3, 0.4) is 0 Å². The maximum Gasteiger partial charge on any atom is 0.322 e. The minimum atomic E-state index is -1.13. The Morgan fingerprint density at radius 1 is 1.19 bits per heavy atom. The molecule has 1 saturated carbocycles. The van der Waals surface area contributed by atoms with Gasteiger partial charge in [0.25, 0.3) is 5.91 Å².